The van der Waals surface area contributed by atoms with Crippen LogP contribution in [-0.2, 0) is 24.9 Å². The van der Waals surface area contributed by atoms with Gasteiger partial charge in [-0.05, 0) is 6.92 Å². The van der Waals surface area contributed by atoms with Gasteiger partial charge in [-0.15, -0.1) is 5.10 Å². The highest BCUT2D eigenvalue weighted by atomic mass is 35.5. The van der Waals surface area contributed by atoms with Crippen LogP contribution in [0.15, 0.2) is 0 Å². The highest BCUT2D eigenvalue weighted by Crippen LogP contribution is 2.20. The second kappa shape index (κ2) is 5.59. The van der Waals surface area contributed by atoms with E-state index in [-0.39, 0.29) is 18.8 Å². The molecule has 1 N–H and O–H groups in total. The van der Waals surface area contributed by atoms with E-state index in [9.17, 15) is 4.79 Å². The van der Waals surface area contributed by atoms with Crippen LogP contribution in [0, 0.1) is 6.92 Å². The Morgan fingerprint density at radius 1 is 1.50 bits per heavy atom. The number of aryl methyl sites for hydroxylation is 2. The van der Waals surface area contributed by atoms with Crippen LogP contribution in [0.5, 0.6) is 0 Å². The molecule has 2 aromatic rings. The average molecular weight is 300 g/mol. The molecule has 0 aliphatic rings. The Labute approximate surface area is 119 Å². The number of aromatic nitrogens is 5. The molecular weight excluding hydrogens is 286 g/mol. The molecule has 0 unspecified atom stereocenters. The van der Waals surface area contributed by atoms with Gasteiger partial charge in [0.1, 0.15) is 5.15 Å². The van der Waals surface area contributed by atoms with Gasteiger partial charge in [-0.25, -0.2) is 9.48 Å². The molecule has 0 aliphatic carbocycles. The molecule has 2 aromatic heterocycles. The monoisotopic (exact) mass is 299 g/mol. The van der Waals surface area contributed by atoms with Crippen molar-refractivity contribution in [3.05, 3.63) is 27.8 Å². The van der Waals surface area contributed by atoms with Crippen molar-refractivity contribution in [3.63, 3.8) is 0 Å². The first-order valence-electron chi connectivity index (χ1n) is 5.78. The van der Waals surface area contributed by atoms with Crippen LogP contribution < -0.4 is 0 Å². The van der Waals surface area contributed by atoms with E-state index in [1.54, 1.807) is 11.7 Å². The molecule has 0 saturated carbocycles. The highest BCUT2D eigenvalue weighted by Gasteiger charge is 2.21. The Balaban J connectivity index is 2.40. The SMILES string of the molecule is COCc1c(C(=O)O)nnn1Cc1c(C)nn(C)c1Cl. The van der Waals surface area contributed by atoms with Crippen molar-refractivity contribution in [2.75, 3.05) is 7.11 Å². The molecule has 2 heterocycles. The summed E-state index contributed by atoms with van der Waals surface area (Å²) in [6.07, 6.45) is 0. The lowest BCUT2D eigenvalue weighted by Crippen LogP contribution is -2.11. The van der Waals surface area contributed by atoms with Gasteiger partial charge in [0.25, 0.3) is 0 Å². The van der Waals surface area contributed by atoms with Crippen LogP contribution in [0.4, 0.5) is 0 Å². The summed E-state index contributed by atoms with van der Waals surface area (Å²) in [6, 6.07) is 0. The lowest BCUT2D eigenvalue weighted by atomic mass is 10.2. The fourth-order valence-corrected chi connectivity index (χ4v) is 2.14. The van der Waals surface area contributed by atoms with Gasteiger partial charge < -0.3 is 9.84 Å². The maximum absolute atomic E-state index is 11.1. The number of ether oxygens (including phenoxy) is 1. The third-order valence-electron chi connectivity index (χ3n) is 2.90. The first-order valence-corrected chi connectivity index (χ1v) is 6.16. The van der Waals surface area contributed by atoms with Gasteiger partial charge in [-0.3, -0.25) is 4.68 Å². The van der Waals surface area contributed by atoms with Crippen LogP contribution in [0.2, 0.25) is 5.15 Å². The smallest absolute Gasteiger partial charge is 0.358 e. The molecule has 0 saturated heterocycles. The zero-order valence-electron chi connectivity index (χ0n) is 11.3. The van der Waals surface area contributed by atoms with E-state index < -0.39 is 5.97 Å². The van der Waals surface area contributed by atoms with Gasteiger partial charge in [-0.2, -0.15) is 5.10 Å². The Bertz CT molecular complexity index is 649. The maximum atomic E-state index is 11.1. The molecule has 0 radical (unpaired) electrons. The number of halogens is 1. The molecule has 8 nitrogen and oxygen atoms in total. The molecule has 0 aromatic carbocycles. The van der Waals surface area contributed by atoms with Gasteiger partial charge in [-0.1, -0.05) is 16.8 Å². The van der Waals surface area contributed by atoms with Gasteiger partial charge in [0.15, 0.2) is 5.69 Å². The van der Waals surface area contributed by atoms with Crippen LogP contribution in [-0.4, -0.2) is 43.0 Å². The topological polar surface area (TPSA) is 95.1 Å². The number of carboxylic acid groups (broad SMARTS) is 1. The minimum Gasteiger partial charge on any atom is -0.476 e. The molecule has 0 atom stereocenters. The van der Waals surface area contributed by atoms with Gasteiger partial charge >= 0.3 is 5.97 Å². The minimum atomic E-state index is -1.14. The molecule has 108 valence electrons. The predicted octanol–water partition coefficient (Wildman–Crippen LogP) is 0.866. The Kier molecular flexibility index (Phi) is 4.05. The van der Waals surface area contributed by atoms with Crippen molar-refractivity contribution in [2.24, 2.45) is 7.05 Å². The van der Waals surface area contributed by atoms with Crippen molar-refractivity contribution in [2.45, 2.75) is 20.1 Å². The quantitative estimate of drug-likeness (QED) is 0.880. The van der Waals surface area contributed by atoms with Crippen molar-refractivity contribution in [1.29, 1.82) is 0 Å². The van der Waals surface area contributed by atoms with E-state index in [0.717, 1.165) is 11.3 Å². The summed E-state index contributed by atoms with van der Waals surface area (Å²) in [5, 5.41) is 21.3. The van der Waals surface area contributed by atoms with Gasteiger partial charge in [0, 0.05) is 19.7 Å². The Morgan fingerprint density at radius 2 is 2.20 bits per heavy atom. The van der Waals surface area contributed by atoms with E-state index >= 15 is 0 Å². The first kappa shape index (κ1) is 14.5. The summed E-state index contributed by atoms with van der Waals surface area (Å²) in [4.78, 5) is 11.1. The number of rotatable bonds is 5. The standard InChI is InChI=1S/C11H14ClN5O3/c1-6-7(10(12)16(2)14-6)4-17-8(5-20-3)9(11(18)19)13-15-17/h4-5H2,1-3H3,(H,18,19). The van der Waals surface area contributed by atoms with Crippen LogP contribution in [0.3, 0.4) is 0 Å². The minimum absolute atomic E-state index is 0.103. The van der Waals surface area contributed by atoms with Crippen LogP contribution in [0.25, 0.3) is 0 Å². The number of carboxylic acids is 1. The summed E-state index contributed by atoms with van der Waals surface area (Å²) in [7, 11) is 3.21. The summed E-state index contributed by atoms with van der Waals surface area (Å²) >= 11 is 6.15. The molecule has 0 fully saturated rings. The lowest BCUT2D eigenvalue weighted by molar-refractivity contribution is 0.0684. The highest BCUT2D eigenvalue weighted by molar-refractivity contribution is 6.30. The fourth-order valence-electron chi connectivity index (χ4n) is 1.91. The number of aromatic carboxylic acids is 1. The zero-order chi connectivity index (χ0) is 14.9. The lowest BCUT2D eigenvalue weighted by Gasteiger charge is -2.06. The van der Waals surface area contributed by atoms with E-state index in [1.807, 2.05) is 6.92 Å². The molecule has 0 bridgehead atoms. The second-order valence-corrected chi connectivity index (χ2v) is 4.62. The maximum Gasteiger partial charge on any atom is 0.358 e. The molecule has 0 aliphatic heterocycles. The number of methoxy groups -OCH3 is 1. The third-order valence-corrected chi connectivity index (χ3v) is 3.37. The Morgan fingerprint density at radius 3 is 2.70 bits per heavy atom. The number of hydrogen-bond acceptors (Lipinski definition) is 5. The van der Waals surface area contributed by atoms with Crippen molar-refractivity contribution < 1.29 is 14.6 Å². The van der Waals surface area contributed by atoms with Crippen molar-refractivity contribution in [3.8, 4) is 0 Å². The summed E-state index contributed by atoms with van der Waals surface area (Å²) in [6.45, 7) is 2.22. The van der Waals surface area contributed by atoms with E-state index in [0.29, 0.717) is 10.8 Å². The third kappa shape index (κ3) is 2.52. The number of carbonyl (C=O) groups is 1. The average Bonchev–Trinajstić information content (AvgIpc) is 2.87. The van der Waals surface area contributed by atoms with Gasteiger partial charge in [0.2, 0.25) is 0 Å². The molecule has 0 spiro atoms. The van der Waals surface area contributed by atoms with Crippen molar-refractivity contribution in [1.82, 2.24) is 24.8 Å². The van der Waals surface area contributed by atoms with E-state index in [4.69, 9.17) is 21.4 Å². The molecule has 0 amide bonds. The molecule has 20 heavy (non-hydrogen) atoms. The van der Waals surface area contributed by atoms with Crippen molar-refractivity contribution >= 4 is 17.6 Å². The molecule has 2 rings (SSSR count). The second-order valence-electron chi connectivity index (χ2n) is 4.26. The first-order chi connectivity index (χ1) is 9.45. The Hall–Kier alpha value is -1.93. The number of hydrogen-bond donors (Lipinski definition) is 1. The largest absolute Gasteiger partial charge is 0.476 e. The van der Waals surface area contributed by atoms with Crippen LogP contribution in [0.1, 0.15) is 27.4 Å². The van der Waals surface area contributed by atoms with E-state index in [2.05, 4.69) is 15.4 Å². The summed E-state index contributed by atoms with van der Waals surface area (Å²) in [5.41, 5.74) is 1.80. The predicted molar refractivity (Wildman–Crippen MR) is 69.8 cm³/mol. The van der Waals surface area contributed by atoms with Crippen LogP contribution >= 0.6 is 11.6 Å². The van der Waals surface area contributed by atoms with E-state index in [1.165, 1.54) is 11.8 Å². The normalized spacial score (nSPS) is 11.0. The molecule has 9 heteroatoms. The van der Waals surface area contributed by atoms with Gasteiger partial charge in [0.05, 0.1) is 24.5 Å². The molecular formula is C11H14ClN5O3. The fraction of sp³-hybridized carbons (Fsp3) is 0.455. The summed E-state index contributed by atoms with van der Waals surface area (Å²) in [5.74, 6) is -1.14. The summed E-state index contributed by atoms with van der Waals surface area (Å²) < 4.78 is 8.02. The number of nitrogens with zero attached hydrogens (tertiary/aromatic N) is 5. The zero-order valence-corrected chi connectivity index (χ0v) is 12.0.